The predicted molar refractivity (Wildman–Crippen MR) is 129 cm³/mol. The zero-order chi connectivity index (χ0) is 22.0. The van der Waals surface area contributed by atoms with Crippen LogP contribution in [0.25, 0.3) is 54.7 Å². The molecule has 6 heteroatoms. The molecule has 0 spiro atoms. The van der Waals surface area contributed by atoms with Gasteiger partial charge in [0.25, 0.3) is 0 Å². The summed E-state index contributed by atoms with van der Waals surface area (Å²) in [5, 5.41) is 24.6. The molecule has 0 aliphatic heterocycles. The van der Waals surface area contributed by atoms with Crippen molar-refractivity contribution >= 4 is 55.2 Å². The number of halogens is 1. The first-order chi connectivity index (χ1) is 15.5. The largest absolute Gasteiger partial charge is 0.508 e. The minimum Gasteiger partial charge on any atom is -0.508 e. The molecule has 1 aromatic heterocycles. The number of H-pyrrole nitrogens is 1. The minimum atomic E-state index is -0.131. The van der Waals surface area contributed by atoms with Gasteiger partial charge in [0.05, 0.1) is 22.1 Å². The monoisotopic (exact) mass is 438 g/mol. The van der Waals surface area contributed by atoms with Gasteiger partial charge in [-0.3, -0.25) is 4.79 Å². The van der Waals surface area contributed by atoms with Gasteiger partial charge < -0.3 is 15.2 Å². The number of hydrogen-bond acceptors (Lipinski definition) is 4. The van der Waals surface area contributed by atoms with Crippen LogP contribution in [0.5, 0.6) is 11.5 Å². The van der Waals surface area contributed by atoms with Crippen LogP contribution in [0.15, 0.2) is 77.6 Å². The van der Waals surface area contributed by atoms with Crippen molar-refractivity contribution in [3.05, 3.63) is 88.0 Å². The highest BCUT2D eigenvalue weighted by Crippen LogP contribution is 2.42. The van der Waals surface area contributed by atoms with Crippen LogP contribution in [-0.2, 0) is 0 Å². The molecule has 0 aliphatic rings. The van der Waals surface area contributed by atoms with Crippen LogP contribution in [0.2, 0.25) is 5.02 Å². The van der Waals surface area contributed by atoms with Gasteiger partial charge in [-0.25, -0.2) is 4.98 Å². The molecule has 0 unspecified atom stereocenters. The van der Waals surface area contributed by atoms with Crippen molar-refractivity contribution < 1.29 is 10.2 Å². The fraction of sp³-hybridized carbons (Fsp3) is 0. The molecule has 6 aromatic rings. The molecule has 32 heavy (non-hydrogen) atoms. The molecule has 0 aliphatic carbocycles. The second-order valence-corrected chi connectivity index (χ2v) is 8.23. The number of rotatable bonds is 1. The molecule has 6 rings (SSSR count). The molecule has 0 fully saturated rings. The van der Waals surface area contributed by atoms with E-state index in [1.54, 1.807) is 54.6 Å². The van der Waals surface area contributed by atoms with Crippen molar-refractivity contribution in [3.63, 3.8) is 0 Å². The first-order valence-corrected chi connectivity index (χ1v) is 10.4. The molecule has 0 bridgehead atoms. The number of nitrogens with one attached hydrogen (secondary N) is 1. The van der Waals surface area contributed by atoms with E-state index in [9.17, 15) is 15.0 Å². The maximum Gasteiger partial charge on any atom is 0.179 e. The Bertz CT molecular complexity index is 1790. The summed E-state index contributed by atoms with van der Waals surface area (Å²) in [4.78, 5) is 20.4. The molecular formula is C26H15ClN2O3. The van der Waals surface area contributed by atoms with Gasteiger partial charge in [0.2, 0.25) is 0 Å². The number of hydrogen-bond donors (Lipinski definition) is 3. The number of nitrogens with zero attached hydrogens (tertiary/aromatic N) is 1. The third kappa shape index (κ3) is 2.79. The van der Waals surface area contributed by atoms with Crippen LogP contribution < -0.4 is 5.43 Å². The Morgan fingerprint density at radius 1 is 0.781 bits per heavy atom. The Morgan fingerprint density at radius 3 is 2.50 bits per heavy atom. The standard InChI is InChI=1S/C26H15ClN2O3/c27-14-3-7-21-22(9-14)28-23-12-19(17-6-5-16(31)11-20(17)26(23)29-21)25-18-10-15(30)4-1-13(18)2-8-24(25)32/h1-12,28,30,32H. The van der Waals surface area contributed by atoms with Gasteiger partial charge in [0.15, 0.2) is 5.43 Å². The smallest absolute Gasteiger partial charge is 0.179 e. The minimum absolute atomic E-state index is 0.0757. The lowest BCUT2D eigenvalue weighted by Crippen LogP contribution is -1.98. The Labute approximate surface area is 186 Å². The van der Waals surface area contributed by atoms with Crippen LogP contribution in [0, 0.1) is 0 Å². The van der Waals surface area contributed by atoms with Crippen molar-refractivity contribution in [2.75, 3.05) is 0 Å². The van der Waals surface area contributed by atoms with Crippen LogP contribution in [0.3, 0.4) is 0 Å². The molecule has 0 atom stereocenters. The van der Waals surface area contributed by atoms with Crippen molar-refractivity contribution in [1.82, 2.24) is 9.97 Å². The second-order valence-electron chi connectivity index (χ2n) is 7.79. The number of phenolic OH excluding ortho intramolecular Hbond substituents is 2. The summed E-state index contributed by atoms with van der Waals surface area (Å²) in [6, 6.07) is 20.6. The number of benzene rings is 5. The predicted octanol–water partition coefficient (Wildman–Crippen LogP) is 6.11. The highest BCUT2D eigenvalue weighted by Gasteiger charge is 2.17. The third-order valence-electron chi connectivity index (χ3n) is 5.79. The van der Waals surface area contributed by atoms with Gasteiger partial charge >= 0.3 is 0 Å². The Kier molecular flexibility index (Phi) is 3.91. The quantitative estimate of drug-likeness (QED) is 0.213. The SMILES string of the molecule is O=c1ccc2c(-c3c(O)ccc4ccc(O)cc34)cc3[nH]c4cc(Cl)ccc4nc3c2c1. The van der Waals surface area contributed by atoms with E-state index in [4.69, 9.17) is 16.6 Å². The van der Waals surface area contributed by atoms with Gasteiger partial charge in [0.1, 0.15) is 11.5 Å². The van der Waals surface area contributed by atoms with E-state index in [2.05, 4.69) is 4.98 Å². The zero-order valence-electron chi connectivity index (χ0n) is 16.6. The van der Waals surface area contributed by atoms with Gasteiger partial charge in [0, 0.05) is 16.0 Å². The fourth-order valence-electron chi connectivity index (χ4n) is 4.36. The van der Waals surface area contributed by atoms with Crippen molar-refractivity contribution in [2.45, 2.75) is 0 Å². The van der Waals surface area contributed by atoms with E-state index in [1.165, 1.54) is 6.07 Å². The topological polar surface area (TPSA) is 86.2 Å². The zero-order valence-corrected chi connectivity index (χ0v) is 17.3. The van der Waals surface area contributed by atoms with Crippen LogP contribution in [-0.4, -0.2) is 20.2 Å². The number of aromatic hydroxyl groups is 2. The lowest BCUT2D eigenvalue weighted by molar-refractivity contribution is 0.475. The normalized spacial score (nSPS) is 11.7. The molecular weight excluding hydrogens is 424 g/mol. The molecule has 1 heterocycles. The second kappa shape index (κ2) is 6.70. The molecule has 0 saturated heterocycles. The summed E-state index contributed by atoms with van der Waals surface area (Å²) in [5.74, 6) is 0.178. The summed E-state index contributed by atoms with van der Waals surface area (Å²) >= 11 is 6.17. The molecule has 0 saturated carbocycles. The average molecular weight is 439 g/mol. The van der Waals surface area contributed by atoms with E-state index in [0.29, 0.717) is 32.4 Å². The van der Waals surface area contributed by atoms with Gasteiger partial charge in [-0.2, -0.15) is 0 Å². The van der Waals surface area contributed by atoms with Crippen LogP contribution in [0.4, 0.5) is 0 Å². The van der Waals surface area contributed by atoms with Gasteiger partial charge in [-0.05, 0) is 82.4 Å². The summed E-state index contributed by atoms with van der Waals surface area (Å²) in [7, 11) is 0. The Hall–Kier alpha value is -4.09. The lowest BCUT2D eigenvalue weighted by Gasteiger charge is -2.15. The van der Waals surface area contributed by atoms with E-state index < -0.39 is 0 Å². The van der Waals surface area contributed by atoms with E-state index in [1.807, 2.05) is 12.1 Å². The molecule has 154 valence electrons. The Balaban J connectivity index is 1.83. The highest BCUT2D eigenvalue weighted by atomic mass is 35.5. The first kappa shape index (κ1) is 18.7. The summed E-state index contributed by atoms with van der Waals surface area (Å²) in [6.45, 7) is 0. The summed E-state index contributed by atoms with van der Waals surface area (Å²) in [5.41, 5.74) is 4.00. The number of aromatic nitrogens is 2. The lowest BCUT2D eigenvalue weighted by atomic mass is 9.92. The third-order valence-corrected chi connectivity index (χ3v) is 6.03. The van der Waals surface area contributed by atoms with Crippen LogP contribution in [0.1, 0.15) is 0 Å². The van der Waals surface area contributed by atoms with Gasteiger partial charge in [-0.15, -0.1) is 0 Å². The molecule has 0 radical (unpaired) electrons. The number of fused-ring (bicyclic) bond motifs is 5. The van der Waals surface area contributed by atoms with Crippen molar-refractivity contribution in [1.29, 1.82) is 0 Å². The molecule has 0 amide bonds. The first-order valence-electron chi connectivity index (χ1n) is 9.99. The summed E-state index contributed by atoms with van der Waals surface area (Å²) < 4.78 is 0. The van der Waals surface area contributed by atoms with Crippen molar-refractivity contribution in [3.8, 4) is 22.6 Å². The molecule has 3 N–H and O–H groups in total. The summed E-state index contributed by atoms with van der Waals surface area (Å²) in [6.07, 6.45) is 0. The average Bonchev–Trinajstić information content (AvgIpc) is 2.77. The van der Waals surface area contributed by atoms with Gasteiger partial charge in [-0.1, -0.05) is 23.7 Å². The molecule has 5 nitrogen and oxygen atoms in total. The van der Waals surface area contributed by atoms with E-state index in [-0.39, 0.29) is 16.9 Å². The van der Waals surface area contributed by atoms with Crippen LogP contribution >= 0.6 is 11.6 Å². The maximum atomic E-state index is 12.3. The molecule has 5 aromatic carbocycles. The highest BCUT2D eigenvalue weighted by molar-refractivity contribution is 6.31. The van der Waals surface area contributed by atoms with Crippen molar-refractivity contribution in [2.24, 2.45) is 0 Å². The number of phenols is 2. The Morgan fingerprint density at radius 2 is 1.62 bits per heavy atom. The van der Waals surface area contributed by atoms with E-state index in [0.717, 1.165) is 27.4 Å². The number of aromatic amines is 1. The van der Waals surface area contributed by atoms with E-state index >= 15 is 0 Å². The fourth-order valence-corrected chi connectivity index (χ4v) is 4.53. The maximum absolute atomic E-state index is 12.3.